The van der Waals surface area contributed by atoms with E-state index in [1.807, 2.05) is 24.4 Å². The average molecular weight is 495 g/mol. The van der Waals surface area contributed by atoms with E-state index in [-0.39, 0.29) is 24.4 Å². The maximum atomic E-state index is 13.1. The van der Waals surface area contributed by atoms with Crippen LogP contribution in [0.3, 0.4) is 0 Å². The number of thiophene rings is 1. The number of hydrogen-bond donors (Lipinski definition) is 2. The Morgan fingerprint density at radius 3 is 2.29 bits per heavy atom. The van der Waals surface area contributed by atoms with Crippen molar-refractivity contribution >= 4 is 23.2 Å². The molecule has 2 heterocycles. The van der Waals surface area contributed by atoms with Gasteiger partial charge in [-0.05, 0) is 41.6 Å². The Morgan fingerprint density at radius 1 is 0.914 bits per heavy atom. The van der Waals surface area contributed by atoms with Gasteiger partial charge >= 0.3 is 11.8 Å². The molecule has 2 N–H and O–H groups in total. The van der Waals surface area contributed by atoms with Crippen LogP contribution in [-0.4, -0.2) is 53.8 Å². The van der Waals surface area contributed by atoms with Crippen LogP contribution in [-0.2, 0) is 22.7 Å². The predicted molar refractivity (Wildman–Crippen MR) is 136 cm³/mol. The molecule has 1 aliphatic heterocycles. The Bertz CT molecular complexity index is 1080. The summed E-state index contributed by atoms with van der Waals surface area (Å²) in [6.07, 6.45) is 0. The van der Waals surface area contributed by atoms with E-state index in [1.165, 1.54) is 22.6 Å². The van der Waals surface area contributed by atoms with E-state index < -0.39 is 11.8 Å². The zero-order chi connectivity index (χ0) is 24.6. The van der Waals surface area contributed by atoms with Gasteiger partial charge in [0.05, 0.1) is 6.04 Å². The number of rotatable bonds is 8. The molecular formula is C27H31FN4O2S. The maximum Gasteiger partial charge on any atom is 0.309 e. The van der Waals surface area contributed by atoms with Crippen molar-refractivity contribution in [2.45, 2.75) is 32.1 Å². The van der Waals surface area contributed by atoms with Crippen molar-refractivity contribution in [3.63, 3.8) is 0 Å². The number of piperazine rings is 1. The van der Waals surface area contributed by atoms with Gasteiger partial charge in [0.1, 0.15) is 5.82 Å². The molecule has 8 heteroatoms. The van der Waals surface area contributed by atoms with E-state index in [2.05, 4.69) is 50.8 Å². The van der Waals surface area contributed by atoms with Crippen LogP contribution in [0.4, 0.5) is 4.39 Å². The molecular weight excluding hydrogens is 463 g/mol. The minimum absolute atomic E-state index is 0.0114. The highest BCUT2D eigenvalue weighted by Gasteiger charge is 2.31. The molecule has 0 saturated carbocycles. The van der Waals surface area contributed by atoms with Crippen LogP contribution in [0.5, 0.6) is 0 Å². The second-order valence-electron chi connectivity index (χ2n) is 8.83. The number of nitrogens with one attached hydrogen (secondary N) is 2. The molecule has 1 saturated heterocycles. The van der Waals surface area contributed by atoms with Crippen molar-refractivity contribution in [3.05, 3.63) is 93.9 Å². The molecule has 0 bridgehead atoms. The zero-order valence-corrected chi connectivity index (χ0v) is 20.6. The minimum atomic E-state index is -0.696. The Kier molecular flexibility index (Phi) is 8.63. The fourth-order valence-electron chi connectivity index (χ4n) is 4.46. The second kappa shape index (κ2) is 12.1. The van der Waals surface area contributed by atoms with Crippen molar-refractivity contribution in [1.82, 2.24) is 20.4 Å². The lowest BCUT2D eigenvalue weighted by Crippen LogP contribution is -2.53. The van der Waals surface area contributed by atoms with Crippen LogP contribution in [0.2, 0.25) is 0 Å². The molecule has 3 aromatic rings. The fraction of sp³-hybridized carbons (Fsp3) is 0.333. The van der Waals surface area contributed by atoms with E-state index in [9.17, 15) is 14.0 Å². The molecule has 2 aromatic carbocycles. The summed E-state index contributed by atoms with van der Waals surface area (Å²) in [6, 6.07) is 20.1. The third kappa shape index (κ3) is 6.97. The van der Waals surface area contributed by atoms with Crippen molar-refractivity contribution in [3.8, 4) is 0 Å². The molecule has 0 radical (unpaired) electrons. The first-order valence-corrected chi connectivity index (χ1v) is 12.7. The van der Waals surface area contributed by atoms with E-state index in [4.69, 9.17) is 0 Å². The maximum absolute atomic E-state index is 13.1. The van der Waals surface area contributed by atoms with E-state index in [1.54, 1.807) is 23.5 Å². The first-order valence-electron chi connectivity index (χ1n) is 11.9. The zero-order valence-electron chi connectivity index (χ0n) is 19.8. The van der Waals surface area contributed by atoms with Crippen LogP contribution < -0.4 is 10.6 Å². The molecule has 4 rings (SSSR count). The highest BCUT2D eigenvalue weighted by Crippen LogP contribution is 2.29. The van der Waals surface area contributed by atoms with Crippen molar-refractivity contribution in [2.75, 3.05) is 26.2 Å². The monoisotopic (exact) mass is 494 g/mol. The smallest absolute Gasteiger partial charge is 0.309 e. The second-order valence-corrected chi connectivity index (χ2v) is 9.81. The van der Waals surface area contributed by atoms with E-state index in [0.29, 0.717) is 0 Å². The van der Waals surface area contributed by atoms with Gasteiger partial charge in [-0.25, -0.2) is 4.39 Å². The average Bonchev–Trinajstić information content (AvgIpc) is 3.39. The van der Waals surface area contributed by atoms with Crippen LogP contribution in [0, 0.1) is 5.82 Å². The van der Waals surface area contributed by atoms with Gasteiger partial charge in [-0.1, -0.05) is 48.5 Å². The normalized spacial score (nSPS) is 16.4. The number of hydrogen-bond acceptors (Lipinski definition) is 5. The number of benzene rings is 2. The lowest BCUT2D eigenvalue weighted by atomic mass is 10.0. The summed E-state index contributed by atoms with van der Waals surface area (Å²) >= 11 is 1.66. The summed E-state index contributed by atoms with van der Waals surface area (Å²) in [6.45, 7) is 6.69. The van der Waals surface area contributed by atoms with E-state index in [0.717, 1.165) is 38.3 Å². The first kappa shape index (κ1) is 25.0. The third-order valence-electron chi connectivity index (χ3n) is 6.29. The third-order valence-corrected chi connectivity index (χ3v) is 7.23. The number of halogens is 1. The Hall–Kier alpha value is -3.07. The molecule has 6 nitrogen and oxygen atoms in total. The summed E-state index contributed by atoms with van der Waals surface area (Å²) in [5, 5.41) is 7.56. The fourth-order valence-corrected chi connectivity index (χ4v) is 5.42. The van der Waals surface area contributed by atoms with E-state index >= 15 is 0 Å². The number of nitrogens with zero attached hydrogens (tertiary/aromatic N) is 2. The van der Waals surface area contributed by atoms with Gasteiger partial charge < -0.3 is 10.6 Å². The molecule has 0 aliphatic carbocycles. The lowest BCUT2D eigenvalue weighted by molar-refractivity contribution is -0.140. The van der Waals surface area contributed by atoms with Gasteiger partial charge in [0.15, 0.2) is 0 Å². The number of amides is 2. The lowest BCUT2D eigenvalue weighted by Gasteiger charge is -2.41. The van der Waals surface area contributed by atoms with Gasteiger partial charge in [-0.15, -0.1) is 11.3 Å². The van der Waals surface area contributed by atoms with Crippen molar-refractivity contribution in [2.24, 2.45) is 0 Å². The Balaban J connectivity index is 1.33. The summed E-state index contributed by atoms with van der Waals surface area (Å²) < 4.78 is 13.1. The quantitative estimate of drug-likeness (QED) is 0.470. The van der Waals surface area contributed by atoms with Crippen LogP contribution in [0.25, 0.3) is 0 Å². The van der Waals surface area contributed by atoms with Crippen molar-refractivity contribution < 1.29 is 14.0 Å². The molecule has 1 aromatic heterocycles. The van der Waals surface area contributed by atoms with Gasteiger partial charge in [0.2, 0.25) is 0 Å². The number of carbonyl (C=O) groups excluding carboxylic acids is 2. The molecule has 184 valence electrons. The van der Waals surface area contributed by atoms with Crippen molar-refractivity contribution in [1.29, 1.82) is 0 Å². The molecule has 35 heavy (non-hydrogen) atoms. The van der Waals surface area contributed by atoms with Gasteiger partial charge in [-0.3, -0.25) is 19.4 Å². The van der Waals surface area contributed by atoms with Gasteiger partial charge in [0, 0.05) is 50.2 Å². The topological polar surface area (TPSA) is 64.7 Å². The van der Waals surface area contributed by atoms with Crippen LogP contribution in [0.1, 0.15) is 29.0 Å². The van der Waals surface area contributed by atoms with Crippen LogP contribution in [0.15, 0.2) is 72.1 Å². The molecule has 0 unspecified atom stereocenters. The molecule has 1 aliphatic rings. The molecule has 1 fully saturated rings. The summed E-state index contributed by atoms with van der Waals surface area (Å²) in [4.78, 5) is 31.1. The largest absolute Gasteiger partial charge is 0.344 e. The summed E-state index contributed by atoms with van der Waals surface area (Å²) in [7, 11) is 0. The number of carbonyl (C=O) groups is 2. The predicted octanol–water partition coefficient (Wildman–Crippen LogP) is 3.57. The highest BCUT2D eigenvalue weighted by molar-refractivity contribution is 7.10. The Morgan fingerprint density at radius 2 is 1.63 bits per heavy atom. The molecule has 0 spiro atoms. The standard InChI is InChI=1S/C27H31FN4O2S/c1-20(30-27(34)26(33)29-18-21-9-11-23(28)12-10-21)25(24-8-5-17-35-24)32-15-13-31(14-16-32)19-22-6-3-2-4-7-22/h2-12,17,20,25H,13-16,18-19H2,1H3,(H,29,33)(H,30,34)/t20-,25-/m1/s1. The summed E-state index contributed by atoms with van der Waals surface area (Å²) in [5.41, 5.74) is 2.04. The molecule has 2 amide bonds. The summed E-state index contributed by atoms with van der Waals surface area (Å²) in [5.74, 6) is -1.70. The van der Waals surface area contributed by atoms with Gasteiger partial charge in [0.25, 0.3) is 0 Å². The Labute approximate surface area is 209 Å². The highest BCUT2D eigenvalue weighted by atomic mass is 32.1. The first-order chi connectivity index (χ1) is 17.0. The SMILES string of the molecule is C[C@@H](NC(=O)C(=O)NCc1ccc(F)cc1)[C@H](c1cccs1)N1CCN(Cc2ccccc2)CC1. The molecule has 2 atom stereocenters. The van der Waals surface area contributed by atoms with Gasteiger partial charge in [-0.2, -0.15) is 0 Å². The minimum Gasteiger partial charge on any atom is -0.344 e. The van der Waals surface area contributed by atoms with Crippen LogP contribution >= 0.6 is 11.3 Å².